The van der Waals surface area contributed by atoms with Crippen molar-refractivity contribution in [3.8, 4) is 11.4 Å². The van der Waals surface area contributed by atoms with Crippen LogP contribution in [-0.2, 0) is 0 Å². The number of benzene rings is 1. The number of aromatic nitrogens is 3. The van der Waals surface area contributed by atoms with Crippen molar-refractivity contribution in [1.29, 1.82) is 0 Å². The molecule has 1 aliphatic heterocycles. The maximum Gasteiger partial charge on any atom is 0.231 e. The number of rotatable bonds is 1. The Hall–Kier alpha value is -2.37. The molecule has 0 amide bonds. The van der Waals surface area contributed by atoms with Gasteiger partial charge in [-0.3, -0.25) is 0 Å². The number of hydrogen-bond donors (Lipinski definition) is 2. The molecule has 1 spiro atoms. The van der Waals surface area contributed by atoms with Crippen molar-refractivity contribution in [2.75, 3.05) is 5.32 Å². The molecule has 1 saturated carbocycles. The van der Waals surface area contributed by atoms with Crippen LogP contribution in [0.2, 0.25) is 0 Å². The van der Waals surface area contributed by atoms with Crippen molar-refractivity contribution in [2.24, 2.45) is 10.7 Å². The molecule has 102 valence electrons. The van der Waals surface area contributed by atoms with Gasteiger partial charge in [-0.25, -0.2) is 4.99 Å². The van der Waals surface area contributed by atoms with Gasteiger partial charge < -0.3 is 11.1 Å². The second kappa shape index (κ2) is 4.06. The normalized spacial score (nSPS) is 19.5. The number of aliphatic imine (C=N–C) groups is 1. The first-order chi connectivity index (χ1) is 9.76. The molecule has 6 heteroatoms. The first kappa shape index (κ1) is 11.5. The number of hydrogen-bond acceptors (Lipinski definition) is 5. The average Bonchev–Trinajstić information content (AvgIpc) is 3.08. The average molecular weight is 268 g/mol. The van der Waals surface area contributed by atoms with E-state index < -0.39 is 0 Å². The molecule has 0 saturated heterocycles. The smallest absolute Gasteiger partial charge is 0.231 e. The van der Waals surface area contributed by atoms with E-state index in [0.29, 0.717) is 17.7 Å². The summed E-state index contributed by atoms with van der Waals surface area (Å²) in [5.41, 5.74) is 6.78. The molecule has 4 rings (SSSR count). The van der Waals surface area contributed by atoms with Crippen molar-refractivity contribution >= 4 is 11.9 Å². The molecular formula is C14H16N6. The minimum absolute atomic E-state index is 0.263. The first-order valence-corrected chi connectivity index (χ1v) is 6.92. The van der Waals surface area contributed by atoms with Gasteiger partial charge in [-0.15, -0.1) is 5.10 Å². The molecule has 2 aromatic rings. The largest absolute Gasteiger partial charge is 0.368 e. The zero-order valence-electron chi connectivity index (χ0n) is 11.1. The highest BCUT2D eigenvalue weighted by molar-refractivity contribution is 5.85. The van der Waals surface area contributed by atoms with Crippen LogP contribution in [0.3, 0.4) is 0 Å². The summed E-state index contributed by atoms with van der Waals surface area (Å²) in [5.74, 6) is 1.79. The van der Waals surface area contributed by atoms with Crippen molar-refractivity contribution < 1.29 is 0 Å². The predicted octanol–water partition coefficient (Wildman–Crippen LogP) is 1.80. The Morgan fingerprint density at radius 1 is 1.15 bits per heavy atom. The van der Waals surface area contributed by atoms with E-state index >= 15 is 0 Å². The molecule has 3 N–H and O–H groups in total. The molecule has 1 aliphatic carbocycles. The van der Waals surface area contributed by atoms with Crippen LogP contribution in [0, 0.1) is 0 Å². The van der Waals surface area contributed by atoms with E-state index in [1.165, 1.54) is 12.8 Å². The third kappa shape index (κ3) is 1.68. The highest BCUT2D eigenvalue weighted by Crippen LogP contribution is 2.36. The summed E-state index contributed by atoms with van der Waals surface area (Å²) in [7, 11) is 0. The lowest BCUT2D eigenvalue weighted by Crippen LogP contribution is -2.43. The van der Waals surface area contributed by atoms with E-state index in [2.05, 4.69) is 20.4 Å². The molecular weight excluding hydrogens is 252 g/mol. The lowest BCUT2D eigenvalue weighted by molar-refractivity contribution is 0.486. The Kier molecular flexibility index (Phi) is 2.33. The Bertz CT molecular complexity index is 666. The molecule has 6 nitrogen and oxygen atoms in total. The van der Waals surface area contributed by atoms with Crippen molar-refractivity contribution in [3.05, 3.63) is 30.3 Å². The minimum Gasteiger partial charge on any atom is -0.368 e. The molecule has 1 aromatic heterocycles. The van der Waals surface area contributed by atoms with E-state index in [0.717, 1.165) is 18.4 Å². The van der Waals surface area contributed by atoms with Crippen molar-refractivity contribution in [2.45, 2.75) is 31.3 Å². The lowest BCUT2D eigenvalue weighted by Gasteiger charge is -2.30. The van der Waals surface area contributed by atoms with Crippen LogP contribution in [0.1, 0.15) is 25.7 Å². The van der Waals surface area contributed by atoms with Crippen LogP contribution >= 0.6 is 0 Å². The molecule has 1 aromatic carbocycles. The second-order valence-corrected chi connectivity index (χ2v) is 5.37. The summed E-state index contributed by atoms with van der Waals surface area (Å²) in [6, 6.07) is 9.89. The molecule has 2 heterocycles. The Balaban J connectivity index is 1.76. The molecule has 2 aliphatic rings. The predicted molar refractivity (Wildman–Crippen MR) is 77.3 cm³/mol. The first-order valence-electron chi connectivity index (χ1n) is 6.92. The maximum atomic E-state index is 6.06. The van der Waals surface area contributed by atoms with E-state index in [9.17, 15) is 0 Å². The molecule has 0 bridgehead atoms. The fraction of sp³-hybridized carbons (Fsp3) is 0.357. The summed E-state index contributed by atoms with van der Waals surface area (Å²) in [5, 5.41) is 7.86. The van der Waals surface area contributed by atoms with Crippen LogP contribution in [-0.4, -0.2) is 26.4 Å². The van der Waals surface area contributed by atoms with Crippen LogP contribution in [0.25, 0.3) is 11.4 Å². The summed E-state index contributed by atoms with van der Waals surface area (Å²) in [6.07, 6.45) is 4.34. The maximum absolute atomic E-state index is 6.06. The van der Waals surface area contributed by atoms with E-state index in [1.807, 2.05) is 30.3 Å². The lowest BCUT2D eigenvalue weighted by atomic mass is 10.1. The standard InChI is InChI=1S/C14H16N6/c15-12-17-14(8-4-5-9-14)18-13-16-11(19-20(12)13)10-6-2-1-3-7-10/h1-3,6-7H,4-5,8-9H2,(H2,15,17)(H,16,18,19). The quantitative estimate of drug-likeness (QED) is 0.826. The Morgan fingerprint density at radius 2 is 1.90 bits per heavy atom. The van der Waals surface area contributed by atoms with Crippen molar-refractivity contribution in [3.63, 3.8) is 0 Å². The van der Waals surface area contributed by atoms with Gasteiger partial charge in [0.1, 0.15) is 5.66 Å². The van der Waals surface area contributed by atoms with Gasteiger partial charge in [-0.2, -0.15) is 9.67 Å². The summed E-state index contributed by atoms with van der Waals surface area (Å²) >= 11 is 0. The molecule has 0 radical (unpaired) electrons. The zero-order valence-corrected chi connectivity index (χ0v) is 11.1. The molecule has 20 heavy (non-hydrogen) atoms. The van der Waals surface area contributed by atoms with Gasteiger partial charge >= 0.3 is 0 Å². The number of nitrogens with zero attached hydrogens (tertiary/aromatic N) is 4. The van der Waals surface area contributed by atoms with Gasteiger partial charge in [0.15, 0.2) is 5.82 Å². The number of nitrogens with two attached hydrogens (primary N) is 1. The SMILES string of the molecule is NC1=NC2(CCCC2)Nc2nc(-c3ccccc3)nn21. The molecule has 0 atom stereocenters. The van der Waals surface area contributed by atoms with Crippen LogP contribution < -0.4 is 11.1 Å². The number of fused-ring (bicyclic) bond motifs is 1. The van der Waals surface area contributed by atoms with E-state index in [4.69, 9.17) is 5.73 Å². The van der Waals surface area contributed by atoms with Crippen LogP contribution in [0.4, 0.5) is 5.95 Å². The van der Waals surface area contributed by atoms with Gasteiger partial charge in [0.25, 0.3) is 0 Å². The van der Waals surface area contributed by atoms with Gasteiger partial charge in [0.05, 0.1) is 0 Å². The van der Waals surface area contributed by atoms with Crippen LogP contribution in [0.5, 0.6) is 0 Å². The zero-order chi connectivity index (χ0) is 13.6. The third-order valence-electron chi connectivity index (χ3n) is 3.96. The number of anilines is 1. The summed E-state index contributed by atoms with van der Waals surface area (Å²) in [4.78, 5) is 9.18. The Labute approximate surface area is 116 Å². The third-order valence-corrected chi connectivity index (χ3v) is 3.96. The van der Waals surface area contributed by atoms with E-state index in [-0.39, 0.29) is 5.66 Å². The highest BCUT2D eigenvalue weighted by Gasteiger charge is 2.38. The monoisotopic (exact) mass is 268 g/mol. The summed E-state index contributed by atoms with van der Waals surface area (Å²) < 4.78 is 1.59. The van der Waals surface area contributed by atoms with Gasteiger partial charge in [-0.05, 0) is 25.7 Å². The number of nitrogens with one attached hydrogen (secondary N) is 1. The Morgan fingerprint density at radius 3 is 2.65 bits per heavy atom. The summed E-state index contributed by atoms with van der Waals surface area (Å²) in [6.45, 7) is 0. The topological polar surface area (TPSA) is 81.1 Å². The second-order valence-electron chi connectivity index (χ2n) is 5.37. The minimum atomic E-state index is -0.263. The van der Waals surface area contributed by atoms with E-state index in [1.54, 1.807) is 4.68 Å². The van der Waals surface area contributed by atoms with Gasteiger partial charge in [-0.1, -0.05) is 30.3 Å². The fourth-order valence-electron chi connectivity index (χ4n) is 2.96. The van der Waals surface area contributed by atoms with Gasteiger partial charge in [0, 0.05) is 5.56 Å². The molecule has 1 fully saturated rings. The van der Waals surface area contributed by atoms with Crippen molar-refractivity contribution in [1.82, 2.24) is 14.8 Å². The highest BCUT2D eigenvalue weighted by atomic mass is 15.5. The fourth-order valence-corrected chi connectivity index (χ4v) is 2.96. The van der Waals surface area contributed by atoms with Crippen LogP contribution in [0.15, 0.2) is 35.3 Å². The van der Waals surface area contributed by atoms with Gasteiger partial charge in [0.2, 0.25) is 11.9 Å². The molecule has 0 unspecified atom stereocenters.